The second-order valence-electron chi connectivity index (χ2n) is 4.14. The molecule has 1 atom stereocenters. The van der Waals surface area contributed by atoms with E-state index in [-0.39, 0.29) is 6.79 Å². The fourth-order valence-electron chi connectivity index (χ4n) is 1.79. The second kappa shape index (κ2) is 6.29. The molecule has 1 aliphatic heterocycles. The zero-order valence-electron chi connectivity index (χ0n) is 10.2. The molecule has 4 nitrogen and oxygen atoms in total. The lowest BCUT2D eigenvalue weighted by Crippen LogP contribution is -2.22. The molecule has 0 spiro atoms. The van der Waals surface area contributed by atoms with Gasteiger partial charge in [0.1, 0.15) is 0 Å². The Morgan fingerprint density at radius 3 is 3.06 bits per heavy atom. The molecule has 0 bridgehead atoms. The molecule has 2 rings (SSSR count). The van der Waals surface area contributed by atoms with Crippen LogP contribution in [-0.2, 0) is 0 Å². The van der Waals surface area contributed by atoms with Gasteiger partial charge in [-0.05, 0) is 30.7 Å². The van der Waals surface area contributed by atoms with Crippen molar-refractivity contribution >= 4 is 0 Å². The van der Waals surface area contributed by atoms with Crippen LogP contribution in [0.25, 0.3) is 0 Å². The summed E-state index contributed by atoms with van der Waals surface area (Å²) in [4.78, 5) is 0. The van der Waals surface area contributed by atoms with Gasteiger partial charge in [0.05, 0.1) is 6.10 Å². The molecule has 1 aliphatic rings. The highest BCUT2D eigenvalue weighted by Gasteiger charge is 2.16. The molecule has 0 saturated carbocycles. The van der Waals surface area contributed by atoms with Crippen LogP contribution < -0.4 is 14.8 Å². The molecule has 0 aromatic heterocycles. The highest BCUT2D eigenvalue weighted by molar-refractivity contribution is 5.45. The fraction of sp³-hybridized carbons (Fsp3) is 0.429. The summed E-state index contributed by atoms with van der Waals surface area (Å²) in [6.45, 7) is 1.56. The minimum atomic E-state index is -0.551. The first-order chi connectivity index (χ1) is 8.81. The van der Waals surface area contributed by atoms with E-state index in [1.165, 1.54) is 0 Å². The average molecular weight is 247 g/mol. The maximum absolute atomic E-state index is 10.0. The molecular weight excluding hydrogens is 230 g/mol. The van der Waals surface area contributed by atoms with Gasteiger partial charge in [0.25, 0.3) is 0 Å². The summed E-state index contributed by atoms with van der Waals surface area (Å²) in [6.07, 6.45) is 6.29. The predicted octanol–water partition coefficient (Wildman–Crippen LogP) is 1.45. The Bertz CT molecular complexity index is 439. The third-order valence-corrected chi connectivity index (χ3v) is 2.79. The number of hydrogen-bond donors (Lipinski definition) is 2. The van der Waals surface area contributed by atoms with Gasteiger partial charge in [-0.25, -0.2) is 0 Å². The molecule has 1 aromatic carbocycles. The number of ether oxygens (including phenoxy) is 2. The first-order valence-electron chi connectivity index (χ1n) is 6.03. The lowest BCUT2D eigenvalue weighted by atomic mass is 10.1. The van der Waals surface area contributed by atoms with Crippen molar-refractivity contribution in [1.82, 2.24) is 5.32 Å². The van der Waals surface area contributed by atoms with Gasteiger partial charge in [-0.1, -0.05) is 6.07 Å². The second-order valence-corrected chi connectivity index (χ2v) is 4.14. The Hall–Kier alpha value is -1.70. The van der Waals surface area contributed by atoms with Crippen molar-refractivity contribution in [3.8, 4) is 23.8 Å². The van der Waals surface area contributed by atoms with E-state index in [1.54, 1.807) is 0 Å². The molecule has 96 valence electrons. The number of hydrogen-bond acceptors (Lipinski definition) is 4. The van der Waals surface area contributed by atoms with Gasteiger partial charge in [0.2, 0.25) is 6.79 Å². The number of benzene rings is 1. The van der Waals surface area contributed by atoms with Crippen molar-refractivity contribution in [2.24, 2.45) is 0 Å². The van der Waals surface area contributed by atoms with Crippen molar-refractivity contribution in [2.75, 3.05) is 19.9 Å². The molecule has 0 fully saturated rings. The van der Waals surface area contributed by atoms with Gasteiger partial charge >= 0.3 is 0 Å². The van der Waals surface area contributed by atoms with Crippen LogP contribution in [0.15, 0.2) is 18.2 Å². The largest absolute Gasteiger partial charge is 0.454 e. The van der Waals surface area contributed by atoms with E-state index in [0.717, 1.165) is 30.7 Å². The first kappa shape index (κ1) is 12.7. The molecule has 0 aliphatic carbocycles. The summed E-state index contributed by atoms with van der Waals surface area (Å²) in [5.74, 6) is 4.01. The van der Waals surface area contributed by atoms with Crippen LogP contribution in [0.3, 0.4) is 0 Å². The van der Waals surface area contributed by atoms with Gasteiger partial charge < -0.3 is 19.9 Å². The Morgan fingerprint density at radius 2 is 2.22 bits per heavy atom. The Kier molecular flexibility index (Phi) is 4.46. The smallest absolute Gasteiger partial charge is 0.231 e. The van der Waals surface area contributed by atoms with Gasteiger partial charge in [0.15, 0.2) is 11.5 Å². The molecular formula is C14H17NO3. The molecule has 4 heteroatoms. The SMILES string of the molecule is C#CCCCNCC(O)c1ccc2c(c1)OCO2. The third-order valence-electron chi connectivity index (χ3n) is 2.79. The molecule has 2 N–H and O–H groups in total. The summed E-state index contributed by atoms with van der Waals surface area (Å²) in [5, 5.41) is 13.2. The Balaban J connectivity index is 1.82. The fourth-order valence-corrected chi connectivity index (χ4v) is 1.79. The van der Waals surface area contributed by atoms with Crippen molar-refractivity contribution in [2.45, 2.75) is 18.9 Å². The van der Waals surface area contributed by atoms with Crippen molar-refractivity contribution in [3.63, 3.8) is 0 Å². The first-order valence-corrected chi connectivity index (χ1v) is 6.03. The van der Waals surface area contributed by atoms with Crippen LogP contribution in [0.4, 0.5) is 0 Å². The van der Waals surface area contributed by atoms with Crippen LogP contribution in [0.5, 0.6) is 11.5 Å². The maximum Gasteiger partial charge on any atom is 0.231 e. The zero-order valence-corrected chi connectivity index (χ0v) is 10.2. The number of terminal acetylenes is 1. The monoisotopic (exact) mass is 247 g/mol. The van der Waals surface area contributed by atoms with Crippen LogP contribution in [0, 0.1) is 12.3 Å². The Labute approximate surface area is 107 Å². The summed E-state index contributed by atoms with van der Waals surface area (Å²) in [7, 11) is 0. The number of fused-ring (bicyclic) bond motifs is 1. The molecule has 1 heterocycles. The molecule has 1 aromatic rings. The zero-order chi connectivity index (χ0) is 12.8. The van der Waals surface area contributed by atoms with Gasteiger partial charge in [-0.15, -0.1) is 12.3 Å². The van der Waals surface area contributed by atoms with Crippen molar-refractivity contribution in [1.29, 1.82) is 0 Å². The third kappa shape index (κ3) is 3.16. The van der Waals surface area contributed by atoms with E-state index < -0.39 is 6.10 Å². The number of unbranched alkanes of at least 4 members (excludes halogenated alkanes) is 1. The topological polar surface area (TPSA) is 50.7 Å². The average Bonchev–Trinajstić information content (AvgIpc) is 2.85. The van der Waals surface area contributed by atoms with E-state index in [4.69, 9.17) is 15.9 Å². The molecule has 0 saturated heterocycles. The lowest BCUT2D eigenvalue weighted by Gasteiger charge is -2.12. The number of rotatable bonds is 6. The van der Waals surface area contributed by atoms with E-state index in [1.807, 2.05) is 18.2 Å². The minimum absolute atomic E-state index is 0.249. The van der Waals surface area contributed by atoms with Crippen LogP contribution in [0.2, 0.25) is 0 Å². The van der Waals surface area contributed by atoms with E-state index in [2.05, 4.69) is 11.2 Å². The summed E-state index contributed by atoms with van der Waals surface area (Å²) < 4.78 is 10.5. The van der Waals surface area contributed by atoms with Crippen molar-refractivity contribution in [3.05, 3.63) is 23.8 Å². The number of aliphatic hydroxyl groups is 1. The van der Waals surface area contributed by atoms with E-state index in [0.29, 0.717) is 12.3 Å². The highest BCUT2D eigenvalue weighted by Crippen LogP contribution is 2.33. The Morgan fingerprint density at radius 1 is 1.39 bits per heavy atom. The summed E-state index contributed by atoms with van der Waals surface area (Å²) in [5.41, 5.74) is 0.823. The predicted molar refractivity (Wildman–Crippen MR) is 68.5 cm³/mol. The minimum Gasteiger partial charge on any atom is -0.454 e. The van der Waals surface area contributed by atoms with Crippen LogP contribution >= 0.6 is 0 Å². The molecule has 1 unspecified atom stereocenters. The van der Waals surface area contributed by atoms with E-state index >= 15 is 0 Å². The molecule has 0 radical (unpaired) electrons. The van der Waals surface area contributed by atoms with Crippen LogP contribution in [0.1, 0.15) is 24.5 Å². The van der Waals surface area contributed by atoms with Crippen LogP contribution in [-0.4, -0.2) is 25.0 Å². The van der Waals surface area contributed by atoms with E-state index in [9.17, 15) is 5.11 Å². The quantitative estimate of drug-likeness (QED) is 0.590. The summed E-state index contributed by atoms with van der Waals surface area (Å²) >= 11 is 0. The highest BCUT2D eigenvalue weighted by atomic mass is 16.7. The lowest BCUT2D eigenvalue weighted by molar-refractivity contribution is 0.170. The standard InChI is InChI=1S/C14H17NO3/c1-2-3-4-7-15-9-12(16)11-5-6-13-14(8-11)18-10-17-13/h1,5-6,8,12,15-16H,3-4,7,9-10H2. The number of aliphatic hydroxyl groups excluding tert-OH is 1. The van der Waals surface area contributed by atoms with Gasteiger partial charge in [-0.3, -0.25) is 0 Å². The summed E-state index contributed by atoms with van der Waals surface area (Å²) in [6, 6.07) is 5.48. The van der Waals surface area contributed by atoms with Gasteiger partial charge in [0, 0.05) is 13.0 Å². The molecule has 0 amide bonds. The normalized spacial score (nSPS) is 14.2. The number of nitrogens with one attached hydrogen (secondary N) is 1. The maximum atomic E-state index is 10.0. The van der Waals surface area contributed by atoms with Crippen molar-refractivity contribution < 1.29 is 14.6 Å². The van der Waals surface area contributed by atoms with Gasteiger partial charge in [-0.2, -0.15) is 0 Å². The molecule has 18 heavy (non-hydrogen) atoms.